The molecule has 1 rings (SSSR count). The van der Waals surface area contributed by atoms with Gasteiger partial charge in [-0.1, -0.05) is 47.0 Å². The summed E-state index contributed by atoms with van der Waals surface area (Å²) in [4.78, 5) is 0. The number of rotatable bonds is 4. The Hall–Kier alpha value is -0.0400. The van der Waals surface area contributed by atoms with Crippen molar-refractivity contribution in [2.75, 3.05) is 0 Å². The van der Waals surface area contributed by atoms with Gasteiger partial charge in [0.2, 0.25) is 0 Å². The lowest BCUT2D eigenvalue weighted by Gasteiger charge is -2.46. The van der Waals surface area contributed by atoms with Gasteiger partial charge in [0, 0.05) is 11.1 Å². The summed E-state index contributed by atoms with van der Waals surface area (Å²) in [5.41, 5.74) is 0.846. The highest BCUT2D eigenvalue weighted by molar-refractivity contribution is 4.97. The van der Waals surface area contributed by atoms with Crippen LogP contribution in [-0.2, 0) is 0 Å². The average Bonchev–Trinajstić information content (AvgIpc) is 2.31. The minimum absolute atomic E-state index is 0.423. The molecule has 96 valence electrons. The molecular weight excluding hydrogens is 194 g/mol. The van der Waals surface area contributed by atoms with E-state index in [1.165, 1.54) is 57.8 Å². The minimum Gasteiger partial charge on any atom is -0.306 e. The number of hydrogen-bond acceptors (Lipinski definition) is 1. The fourth-order valence-electron chi connectivity index (χ4n) is 3.35. The van der Waals surface area contributed by atoms with E-state index in [2.05, 4.69) is 33.0 Å². The van der Waals surface area contributed by atoms with E-state index in [1.54, 1.807) is 0 Å². The van der Waals surface area contributed by atoms with Crippen molar-refractivity contribution in [3.05, 3.63) is 0 Å². The predicted octanol–water partition coefficient (Wildman–Crippen LogP) is 4.66. The van der Waals surface area contributed by atoms with Gasteiger partial charge in [0.1, 0.15) is 0 Å². The molecule has 1 heterocycles. The largest absolute Gasteiger partial charge is 0.306 e. The summed E-state index contributed by atoms with van der Waals surface area (Å²) >= 11 is 0. The van der Waals surface area contributed by atoms with Crippen LogP contribution >= 0.6 is 0 Å². The van der Waals surface area contributed by atoms with Crippen molar-refractivity contribution in [1.82, 2.24) is 5.32 Å². The molecule has 16 heavy (non-hydrogen) atoms. The molecule has 1 saturated heterocycles. The van der Waals surface area contributed by atoms with E-state index in [1.807, 2.05) is 0 Å². The topological polar surface area (TPSA) is 12.0 Å². The SMILES string of the molecule is CCC1(CC)CCCCCC(CC)(CC)N1. The Morgan fingerprint density at radius 2 is 1.06 bits per heavy atom. The van der Waals surface area contributed by atoms with Crippen LogP contribution in [0.5, 0.6) is 0 Å². The quantitative estimate of drug-likeness (QED) is 0.734. The maximum absolute atomic E-state index is 4.08. The van der Waals surface area contributed by atoms with E-state index in [0.29, 0.717) is 11.1 Å². The highest BCUT2D eigenvalue weighted by Gasteiger charge is 2.36. The van der Waals surface area contributed by atoms with Crippen LogP contribution in [0.4, 0.5) is 0 Å². The second-order valence-corrected chi connectivity index (χ2v) is 5.66. The molecule has 0 radical (unpaired) electrons. The fraction of sp³-hybridized carbons (Fsp3) is 1.00. The summed E-state index contributed by atoms with van der Waals surface area (Å²) in [7, 11) is 0. The summed E-state index contributed by atoms with van der Waals surface area (Å²) in [6.45, 7) is 9.42. The van der Waals surface area contributed by atoms with Gasteiger partial charge in [0.25, 0.3) is 0 Å². The molecule has 1 N–H and O–H groups in total. The van der Waals surface area contributed by atoms with Gasteiger partial charge in [0.05, 0.1) is 0 Å². The first-order chi connectivity index (χ1) is 7.66. The summed E-state index contributed by atoms with van der Waals surface area (Å²) < 4.78 is 0. The van der Waals surface area contributed by atoms with Crippen LogP contribution in [-0.4, -0.2) is 11.1 Å². The predicted molar refractivity (Wildman–Crippen MR) is 72.8 cm³/mol. The van der Waals surface area contributed by atoms with E-state index in [4.69, 9.17) is 0 Å². The van der Waals surface area contributed by atoms with Crippen molar-refractivity contribution in [2.24, 2.45) is 0 Å². The van der Waals surface area contributed by atoms with E-state index in [9.17, 15) is 0 Å². The third-order valence-corrected chi connectivity index (χ3v) is 5.05. The Morgan fingerprint density at radius 1 is 0.688 bits per heavy atom. The summed E-state index contributed by atoms with van der Waals surface area (Å²) in [5.74, 6) is 0. The van der Waals surface area contributed by atoms with Gasteiger partial charge in [-0.05, 0) is 38.5 Å². The second kappa shape index (κ2) is 6.05. The lowest BCUT2D eigenvalue weighted by atomic mass is 9.77. The first kappa shape index (κ1) is 14.0. The molecule has 1 aliphatic rings. The van der Waals surface area contributed by atoms with Gasteiger partial charge in [-0.15, -0.1) is 0 Å². The monoisotopic (exact) mass is 225 g/mol. The Morgan fingerprint density at radius 3 is 1.38 bits per heavy atom. The molecule has 1 aliphatic heterocycles. The highest BCUT2D eigenvalue weighted by atomic mass is 15.1. The second-order valence-electron chi connectivity index (χ2n) is 5.66. The third-order valence-electron chi connectivity index (χ3n) is 5.05. The van der Waals surface area contributed by atoms with Crippen LogP contribution in [0.25, 0.3) is 0 Å². The van der Waals surface area contributed by atoms with Crippen molar-refractivity contribution in [2.45, 2.75) is 96.6 Å². The van der Waals surface area contributed by atoms with Gasteiger partial charge in [-0.2, -0.15) is 0 Å². The molecule has 1 heteroatoms. The molecule has 0 atom stereocenters. The summed E-state index contributed by atoms with van der Waals surface area (Å²) in [6, 6.07) is 0. The van der Waals surface area contributed by atoms with Gasteiger partial charge < -0.3 is 5.32 Å². The average molecular weight is 225 g/mol. The molecule has 0 aromatic carbocycles. The zero-order valence-corrected chi connectivity index (χ0v) is 11.9. The van der Waals surface area contributed by atoms with Crippen LogP contribution in [0, 0.1) is 0 Å². The first-order valence-electron chi connectivity index (χ1n) is 7.45. The molecule has 1 nitrogen and oxygen atoms in total. The fourth-order valence-corrected chi connectivity index (χ4v) is 3.35. The summed E-state index contributed by atoms with van der Waals surface area (Å²) in [6.07, 6.45) is 12.2. The van der Waals surface area contributed by atoms with E-state index in [-0.39, 0.29) is 0 Å². The van der Waals surface area contributed by atoms with E-state index < -0.39 is 0 Å². The van der Waals surface area contributed by atoms with Gasteiger partial charge >= 0.3 is 0 Å². The normalized spacial score (nSPS) is 24.8. The van der Waals surface area contributed by atoms with Crippen molar-refractivity contribution < 1.29 is 0 Å². The molecule has 1 fully saturated rings. The number of nitrogens with one attached hydrogen (secondary N) is 1. The van der Waals surface area contributed by atoms with Crippen LogP contribution in [0.1, 0.15) is 85.5 Å². The third kappa shape index (κ3) is 3.00. The Balaban J connectivity index is 2.85. The van der Waals surface area contributed by atoms with Gasteiger partial charge in [-0.25, -0.2) is 0 Å². The minimum atomic E-state index is 0.423. The molecule has 0 bridgehead atoms. The van der Waals surface area contributed by atoms with Crippen molar-refractivity contribution in [3.8, 4) is 0 Å². The molecule has 0 saturated carbocycles. The van der Waals surface area contributed by atoms with E-state index >= 15 is 0 Å². The molecule has 0 aromatic heterocycles. The van der Waals surface area contributed by atoms with Gasteiger partial charge in [-0.3, -0.25) is 0 Å². The Bertz CT molecular complexity index is 170. The van der Waals surface area contributed by atoms with Crippen LogP contribution in [0.15, 0.2) is 0 Å². The Labute approximate surface area is 102 Å². The Kier molecular flexibility index (Phi) is 5.30. The smallest absolute Gasteiger partial charge is 0.0181 e. The first-order valence-corrected chi connectivity index (χ1v) is 7.45. The zero-order chi connectivity index (χ0) is 12.1. The van der Waals surface area contributed by atoms with E-state index in [0.717, 1.165) is 0 Å². The molecular formula is C15H31N. The number of hydrogen-bond donors (Lipinski definition) is 1. The van der Waals surface area contributed by atoms with Gasteiger partial charge in [0.15, 0.2) is 0 Å². The lowest BCUT2D eigenvalue weighted by molar-refractivity contribution is 0.137. The zero-order valence-electron chi connectivity index (χ0n) is 11.9. The molecule has 0 spiro atoms. The van der Waals surface area contributed by atoms with Crippen molar-refractivity contribution >= 4 is 0 Å². The maximum Gasteiger partial charge on any atom is 0.0181 e. The molecule has 0 aliphatic carbocycles. The summed E-state index contributed by atoms with van der Waals surface area (Å²) in [5, 5.41) is 4.08. The maximum atomic E-state index is 4.08. The lowest BCUT2D eigenvalue weighted by Crippen LogP contribution is -2.58. The van der Waals surface area contributed by atoms with Crippen molar-refractivity contribution in [3.63, 3.8) is 0 Å². The highest BCUT2D eigenvalue weighted by Crippen LogP contribution is 2.34. The van der Waals surface area contributed by atoms with Crippen LogP contribution in [0.2, 0.25) is 0 Å². The molecule has 0 unspecified atom stereocenters. The van der Waals surface area contributed by atoms with Crippen molar-refractivity contribution in [1.29, 1.82) is 0 Å². The molecule has 0 aromatic rings. The standard InChI is InChI=1S/C15H31N/c1-5-14(6-2)12-10-9-11-13-15(7-3,8-4)16-14/h16H,5-13H2,1-4H3. The molecule has 0 amide bonds. The van der Waals surface area contributed by atoms with Crippen LogP contribution in [0.3, 0.4) is 0 Å². The van der Waals surface area contributed by atoms with Crippen LogP contribution < -0.4 is 5.32 Å².